The lowest BCUT2D eigenvalue weighted by atomic mass is 10.1. The van der Waals surface area contributed by atoms with Crippen molar-refractivity contribution in [2.24, 2.45) is 5.92 Å². The van der Waals surface area contributed by atoms with Gasteiger partial charge in [0.05, 0.1) is 12.1 Å². The third-order valence-electron chi connectivity index (χ3n) is 3.53. The molecule has 1 unspecified atom stereocenters. The fourth-order valence-corrected chi connectivity index (χ4v) is 2.46. The fraction of sp³-hybridized carbons (Fsp3) is 0.467. The van der Waals surface area contributed by atoms with E-state index in [0.717, 1.165) is 18.4 Å². The van der Waals surface area contributed by atoms with Gasteiger partial charge in [0.15, 0.2) is 0 Å². The summed E-state index contributed by atoms with van der Waals surface area (Å²) in [6, 6.07) is 4.59. The highest BCUT2D eigenvalue weighted by Gasteiger charge is 2.37. The van der Waals surface area contributed by atoms with Crippen molar-refractivity contribution >= 4 is 23.5 Å². The molecule has 1 amide bonds. The van der Waals surface area contributed by atoms with Gasteiger partial charge in [0.2, 0.25) is 5.91 Å². The van der Waals surface area contributed by atoms with Gasteiger partial charge in [-0.15, -0.1) is 0 Å². The van der Waals surface area contributed by atoms with Crippen LogP contribution in [0.4, 0.5) is 0 Å². The number of rotatable bonds is 7. The molecule has 1 saturated carbocycles. The van der Waals surface area contributed by atoms with E-state index in [1.54, 1.807) is 12.1 Å². The Bertz CT molecular complexity index is 542. The third kappa shape index (κ3) is 4.36. The molecule has 1 aromatic carbocycles. The van der Waals surface area contributed by atoms with Crippen LogP contribution in [0.5, 0.6) is 5.75 Å². The zero-order valence-electron chi connectivity index (χ0n) is 11.8. The Morgan fingerprint density at radius 1 is 1.48 bits per heavy atom. The topological polar surface area (TPSA) is 75.6 Å². The SMILES string of the molecule is COc1ccc(CCC(=O)NC(C(=O)O)C2CC2)cc1Cl. The van der Waals surface area contributed by atoms with Crippen LogP contribution < -0.4 is 10.1 Å². The maximum absolute atomic E-state index is 11.8. The van der Waals surface area contributed by atoms with Crippen LogP contribution in [-0.4, -0.2) is 30.1 Å². The molecule has 1 aliphatic rings. The van der Waals surface area contributed by atoms with Crippen molar-refractivity contribution < 1.29 is 19.4 Å². The minimum atomic E-state index is -0.960. The van der Waals surface area contributed by atoms with Gasteiger partial charge < -0.3 is 15.2 Å². The maximum atomic E-state index is 11.8. The zero-order chi connectivity index (χ0) is 15.4. The van der Waals surface area contributed by atoms with Crippen LogP contribution >= 0.6 is 11.6 Å². The first-order valence-corrected chi connectivity index (χ1v) is 7.23. The Kier molecular flexibility index (Phi) is 5.07. The molecule has 0 aromatic heterocycles. The first-order valence-electron chi connectivity index (χ1n) is 6.86. The first-order chi connectivity index (χ1) is 10.0. The standard InChI is InChI=1S/C15H18ClNO4/c1-21-12-6-2-9(8-11(12)16)3-7-13(18)17-14(15(19)20)10-4-5-10/h2,6,8,10,14H,3-5,7H2,1H3,(H,17,18)(H,19,20). The lowest BCUT2D eigenvalue weighted by Crippen LogP contribution is -2.42. The molecule has 0 aliphatic heterocycles. The molecule has 1 aromatic rings. The summed E-state index contributed by atoms with van der Waals surface area (Å²) < 4.78 is 5.06. The Hall–Kier alpha value is -1.75. The van der Waals surface area contributed by atoms with E-state index in [1.165, 1.54) is 7.11 Å². The number of nitrogens with one attached hydrogen (secondary N) is 1. The van der Waals surface area contributed by atoms with Crippen LogP contribution in [0.25, 0.3) is 0 Å². The quantitative estimate of drug-likeness (QED) is 0.810. The van der Waals surface area contributed by atoms with Gasteiger partial charge in [-0.05, 0) is 42.9 Å². The number of carbonyl (C=O) groups excluding carboxylic acids is 1. The summed E-state index contributed by atoms with van der Waals surface area (Å²) >= 11 is 6.02. The number of carboxylic acid groups (broad SMARTS) is 1. The second-order valence-corrected chi connectivity index (χ2v) is 5.60. The number of amides is 1. The number of carbonyl (C=O) groups is 2. The van der Waals surface area contributed by atoms with E-state index in [0.29, 0.717) is 17.2 Å². The van der Waals surface area contributed by atoms with E-state index < -0.39 is 12.0 Å². The van der Waals surface area contributed by atoms with Crippen molar-refractivity contribution in [1.82, 2.24) is 5.32 Å². The normalized spacial score (nSPS) is 15.3. The number of methoxy groups -OCH3 is 1. The van der Waals surface area contributed by atoms with Crippen molar-refractivity contribution in [2.75, 3.05) is 7.11 Å². The highest BCUT2D eigenvalue weighted by Crippen LogP contribution is 2.32. The van der Waals surface area contributed by atoms with Gasteiger partial charge in [-0.2, -0.15) is 0 Å². The molecule has 0 heterocycles. The molecule has 2 rings (SSSR count). The molecule has 6 heteroatoms. The largest absolute Gasteiger partial charge is 0.495 e. The second-order valence-electron chi connectivity index (χ2n) is 5.19. The number of benzene rings is 1. The number of halogens is 1. The van der Waals surface area contributed by atoms with Gasteiger partial charge in [0.1, 0.15) is 11.8 Å². The van der Waals surface area contributed by atoms with E-state index in [1.807, 2.05) is 6.07 Å². The Morgan fingerprint density at radius 3 is 2.71 bits per heavy atom. The second kappa shape index (κ2) is 6.80. The van der Waals surface area contributed by atoms with Gasteiger partial charge in [-0.1, -0.05) is 17.7 Å². The van der Waals surface area contributed by atoms with Crippen molar-refractivity contribution in [3.05, 3.63) is 28.8 Å². The Balaban J connectivity index is 1.86. The minimum absolute atomic E-state index is 0.0851. The fourth-order valence-electron chi connectivity index (χ4n) is 2.18. The van der Waals surface area contributed by atoms with Crippen LogP contribution in [-0.2, 0) is 16.0 Å². The molecule has 5 nitrogen and oxygen atoms in total. The molecular formula is C15H18ClNO4. The molecule has 0 radical (unpaired) electrons. The van der Waals surface area contributed by atoms with Crippen molar-refractivity contribution in [1.29, 1.82) is 0 Å². The van der Waals surface area contributed by atoms with Gasteiger partial charge in [-0.25, -0.2) is 4.79 Å². The van der Waals surface area contributed by atoms with E-state index in [4.69, 9.17) is 21.4 Å². The molecule has 2 N–H and O–H groups in total. The molecule has 0 bridgehead atoms. The lowest BCUT2D eigenvalue weighted by Gasteiger charge is -2.13. The summed E-state index contributed by atoms with van der Waals surface area (Å²) in [6.07, 6.45) is 2.47. The van der Waals surface area contributed by atoms with Crippen molar-refractivity contribution in [3.8, 4) is 5.75 Å². The number of aliphatic carboxylic acids is 1. The Morgan fingerprint density at radius 2 is 2.19 bits per heavy atom. The summed E-state index contributed by atoms with van der Waals surface area (Å²) in [7, 11) is 1.54. The monoisotopic (exact) mass is 311 g/mol. The average Bonchev–Trinajstić information content (AvgIpc) is 3.26. The van der Waals surface area contributed by atoms with E-state index in [-0.39, 0.29) is 18.2 Å². The summed E-state index contributed by atoms with van der Waals surface area (Å²) in [5.41, 5.74) is 0.911. The molecule has 114 valence electrons. The van der Waals surface area contributed by atoms with E-state index in [9.17, 15) is 9.59 Å². The highest BCUT2D eigenvalue weighted by molar-refractivity contribution is 6.32. The number of hydrogen-bond acceptors (Lipinski definition) is 3. The van der Waals surface area contributed by atoms with Crippen LogP contribution in [0.1, 0.15) is 24.8 Å². The summed E-state index contributed by atoms with van der Waals surface area (Å²) in [5.74, 6) is -0.536. The van der Waals surface area contributed by atoms with Crippen LogP contribution in [0, 0.1) is 5.92 Å². The predicted octanol–water partition coefficient (Wildman–Crippen LogP) is 2.26. The first kappa shape index (κ1) is 15.6. The van der Waals surface area contributed by atoms with Gasteiger partial charge >= 0.3 is 5.97 Å². The average molecular weight is 312 g/mol. The molecule has 1 fully saturated rings. The van der Waals surface area contributed by atoms with Gasteiger partial charge in [-0.3, -0.25) is 4.79 Å². The molecule has 0 spiro atoms. The molecule has 0 saturated heterocycles. The summed E-state index contributed by atoms with van der Waals surface area (Å²) in [5, 5.41) is 12.2. The highest BCUT2D eigenvalue weighted by atomic mass is 35.5. The zero-order valence-corrected chi connectivity index (χ0v) is 12.5. The van der Waals surface area contributed by atoms with Gasteiger partial charge in [0, 0.05) is 6.42 Å². The number of ether oxygens (including phenoxy) is 1. The lowest BCUT2D eigenvalue weighted by molar-refractivity contribution is -0.142. The Labute approximate surface area is 128 Å². The van der Waals surface area contributed by atoms with Crippen molar-refractivity contribution in [3.63, 3.8) is 0 Å². The van der Waals surface area contributed by atoms with Crippen LogP contribution in [0.2, 0.25) is 5.02 Å². The van der Waals surface area contributed by atoms with Crippen LogP contribution in [0.15, 0.2) is 18.2 Å². The smallest absolute Gasteiger partial charge is 0.326 e. The summed E-state index contributed by atoms with van der Waals surface area (Å²) in [4.78, 5) is 22.9. The number of aryl methyl sites for hydroxylation is 1. The van der Waals surface area contributed by atoms with Gasteiger partial charge in [0.25, 0.3) is 0 Å². The molecule has 1 atom stereocenters. The van der Waals surface area contributed by atoms with E-state index >= 15 is 0 Å². The van der Waals surface area contributed by atoms with E-state index in [2.05, 4.69) is 5.32 Å². The molecular weight excluding hydrogens is 294 g/mol. The minimum Gasteiger partial charge on any atom is -0.495 e. The third-order valence-corrected chi connectivity index (χ3v) is 3.83. The molecule has 21 heavy (non-hydrogen) atoms. The number of carboxylic acids is 1. The maximum Gasteiger partial charge on any atom is 0.326 e. The van der Waals surface area contributed by atoms with Crippen molar-refractivity contribution in [2.45, 2.75) is 31.7 Å². The molecule has 1 aliphatic carbocycles. The predicted molar refractivity (Wildman–Crippen MR) is 78.6 cm³/mol. The van der Waals surface area contributed by atoms with Crippen LogP contribution in [0.3, 0.4) is 0 Å². The summed E-state index contributed by atoms with van der Waals surface area (Å²) in [6.45, 7) is 0. The number of hydrogen-bond donors (Lipinski definition) is 2.